The second-order valence-corrected chi connectivity index (χ2v) is 9.00. The third kappa shape index (κ3) is 7.41. The number of rotatable bonds is 8. The first kappa shape index (κ1) is 24.4. The summed E-state index contributed by atoms with van der Waals surface area (Å²) in [4.78, 5) is 11.2. The van der Waals surface area contributed by atoms with Crippen LogP contribution in [0.3, 0.4) is 0 Å². The molecule has 0 amide bonds. The summed E-state index contributed by atoms with van der Waals surface area (Å²) in [6.45, 7) is 8.64. The molecule has 1 aliphatic heterocycles. The molecular weight excluding hydrogens is 517 g/mol. The molecule has 0 radical (unpaired) electrons. The highest BCUT2D eigenvalue weighted by Crippen LogP contribution is 2.14. The number of hydrogen-bond donors (Lipinski definition) is 1. The smallest absolute Gasteiger partial charge is 0.194 e. The summed E-state index contributed by atoms with van der Waals surface area (Å²) in [7, 11) is 2.00. The lowest BCUT2D eigenvalue weighted by Gasteiger charge is -2.36. The Bertz CT molecular complexity index is 740. The predicted octanol–water partition coefficient (Wildman–Crippen LogP) is 2.82. The molecule has 0 aliphatic carbocycles. The molecule has 0 atom stereocenters. The van der Waals surface area contributed by atoms with Gasteiger partial charge in [-0.2, -0.15) is 11.8 Å². The highest BCUT2D eigenvalue weighted by atomic mass is 127. The lowest BCUT2D eigenvalue weighted by molar-refractivity contribution is 0.173. The molecule has 2 aromatic heterocycles. The van der Waals surface area contributed by atoms with Crippen LogP contribution in [0.2, 0.25) is 0 Å². The fourth-order valence-corrected chi connectivity index (χ4v) is 4.34. The van der Waals surface area contributed by atoms with Crippen molar-refractivity contribution in [2.24, 2.45) is 12.0 Å². The van der Waals surface area contributed by atoms with Gasteiger partial charge in [0.1, 0.15) is 12.4 Å². The topological polar surface area (TPSA) is 61.6 Å². The van der Waals surface area contributed by atoms with Crippen molar-refractivity contribution in [1.82, 2.24) is 29.9 Å². The molecule has 0 bridgehead atoms. The molecule has 0 saturated carbocycles. The molecule has 2 aromatic rings. The lowest BCUT2D eigenvalue weighted by atomic mass is 10.3. The zero-order valence-electron chi connectivity index (χ0n) is 17.5. The number of guanidine groups is 1. The number of thioether (sulfide) groups is 1. The molecule has 1 aliphatic rings. The Kier molecular flexibility index (Phi) is 10.7. The molecule has 29 heavy (non-hydrogen) atoms. The molecular formula is C19H32IN7S2. The largest absolute Gasteiger partial charge is 0.356 e. The second kappa shape index (κ2) is 12.8. The van der Waals surface area contributed by atoms with Gasteiger partial charge in [-0.1, -0.05) is 6.07 Å². The average molecular weight is 550 g/mol. The predicted molar refractivity (Wildman–Crippen MR) is 134 cm³/mol. The van der Waals surface area contributed by atoms with Crippen LogP contribution in [0.25, 0.3) is 0 Å². The number of hydrogen-bond acceptors (Lipinski definition) is 6. The van der Waals surface area contributed by atoms with Gasteiger partial charge < -0.3 is 14.8 Å². The van der Waals surface area contributed by atoms with Crippen LogP contribution in [0.15, 0.2) is 22.5 Å². The maximum Gasteiger partial charge on any atom is 0.194 e. The standard InChI is InChI=1S/C19H31N7S2.HI/c1-16-22-23-18(24(16)2)14-21-19(20-7-5-12-27-3)26-10-8-25(9-11-26)15-17-6-4-13-28-17;/h4,6,13H,5,7-12,14-15H2,1-3H3,(H,20,21);1H. The molecule has 162 valence electrons. The number of halogens is 1. The normalized spacial score (nSPS) is 15.4. The van der Waals surface area contributed by atoms with E-state index in [0.717, 1.165) is 69.1 Å². The van der Waals surface area contributed by atoms with E-state index in [2.05, 4.69) is 49.1 Å². The van der Waals surface area contributed by atoms with E-state index in [1.54, 1.807) is 0 Å². The minimum atomic E-state index is 0. The van der Waals surface area contributed by atoms with Gasteiger partial charge in [0.15, 0.2) is 11.8 Å². The summed E-state index contributed by atoms with van der Waals surface area (Å²) >= 11 is 3.72. The molecule has 1 saturated heterocycles. The van der Waals surface area contributed by atoms with Gasteiger partial charge in [-0.25, -0.2) is 4.99 Å². The van der Waals surface area contributed by atoms with Crippen LogP contribution in [0.4, 0.5) is 0 Å². The molecule has 7 nitrogen and oxygen atoms in total. The van der Waals surface area contributed by atoms with Crippen LogP contribution < -0.4 is 5.32 Å². The molecule has 1 fully saturated rings. The van der Waals surface area contributed by atoms with Gasteiger partial charge in [0, 0.05) is 51.2 Å². The van der Waals surface area contributed by atoms with Crippen molar-refractivity contribution >= 4 is 53.0 Å². The fourth-order valence-electron chi connectivity index (χ4n) is 3.16. The van der Waals surface area contributed by atoms with Crippen molar-refractivity contribution < 1.29 is 0 Å². The number of thiophene rings is 1. The Labute approximate surface area is 199 Å². The Balaban J connectivity index is 0.00000300. The highest BCUT2D eigenvalue weighted by molar-refractivity contribution is 14.0. The number of aromatic nitrogens is 3. The van der Waals surface area contributed by atoms with Gasteiger partial charge in [0.2, 0.25) is 0 Å². The summed E-state index contributed by atoms with van der Waals surface area (Å²) in [6, 6.07) is 4.35. The van der Waals surface area contributed by atoms with Crippen LogP contribution in [-0.2, 0) is 20.1 Å². The fraction of sp³-hybridized carbons (Fsp3) is 0.632. The maximum atomic E-state index is 4.88. The van der Waals surface area contributed by atoms with Crippen LogP contribution in [0.1, 0.15) is 22.9 Å². The van der Waals surface area contributed by atoms with E-state index in [1.807, 2.05) is 41.6 Å². The summed E-state index contributed by atoms with van der Waals surface area (Å²) < 4.78 is 2.01. The molecule has 0 unspecified atom stereocenters. The second-order valence-electron chi connectivity index (χ2n) is 6.98. The van der Waals surface area contributed by atoms with Gasteiger partial charge in [-0.05, 0) is 36.8 Å². The Morgan fingerprint density at radius 1 is 1.28 bits per heavy atom. The van der Waals surface area contributed by atoms with Crippen molar-refractivity contribution in [3.63, 3.8) is 0 Å². The minimum Gasteiger partial charge on any atom is -0.356 e. The van der Waals surface area contributed by atoms with Gasteiger partial charge in [-0.15, -0.1) is 45.5 Å². The van der Waals surface area contributed by atoms with E-state index in [1.165, 1.54) is 4.88 Å². The highest BCUT2D eigenvalue weighted by Gasteiger charge is 2.20. The minimum absolute atomic E-state index is 0. The number of aliphatic imine (C=N–C) groups is 1. The monoisotopic (exact) mass is 549 g/mol. The third-order valence-electron chi connectivity index (χ3n) is 4.99. The van der Waals surface area contributed by atoms with E-state index in [0.29, 0.717) is 6.54 Å². The van der Waals surface area contributed by atoms with Crippen molar-refractivity contribution in [2.45, 2.75) is 26.4 Å². The first-order chi connectivity index (χ1) is 13.7. The van der Waals surface area contributed by atoms with E-state index in [4.69, 9.17) is 4.99 Å². The van der Waals surface area contributed by atoms with Gasteiger partial charge in [0.25, 0.3) is 0 Å². The van der Waals surface area contributed by atoms with Gasteiger partial charge in [-0.3, -0.25) is 4.90 Å². The molecule has 10 heteroatoms. The number of nitrogens with one attached hydrogen (secondary N) is 1. The molecule has 0 spiro atoms. The van der Waals surface area contributed by atoms with Crippen LogP contribution in [0.5, 0.6) is 0 Å². The molecule has 3 rings (SSSR count). The number of aryl methyl sites for hydroxylation is 1. The van der Waals surface area contributed by atoms with Crippen molar-refractivity contribution in [3.8, 4) is 0 Å². The van der Waals surface area contributed by atoms with E-state index in [-0.39, 0.29) is 24.0 Å². The Hall–Kier alpha value is -0.850. The summed E-state index contributed by atoms with van der Waals surface area (Å²) in [6.07, 6.45) is 3.29. The van der Waals surface area contributed by atoms with Crippen LogP contribution >= 0.6 is 47.1 Å². The SMILES string of the molecule is CSCCCNC(=NCc1nnc(C)n1C)N1CCN(Cc2cccs2)CC1.I. The maximum absolute atomic E-state index is 4.88. The Morgan fingerprint density at radius 3 is 2.69 bits per heavy atom. The quantitative estimate of drug-likeness (QED) is 0.237. The van der Waals surface area contributed by atoms with Gasteiger partial charge in [0.05, 0.1) is 0 Å². The van der Waals surface area contributed by atoms with Gasteiger partial charge >= 0.3 is 0 Å². The molecule has 1 N–H and O–H groups in total. The van der Waals surface area contributed by atoms with E-state index in [9.17, 15) is 0 Å². The van der Waals surface area contributed by atoms with Crippen molar-refractivity contribution in [3.05, 3.63) is 34.0 Å². The zero-order valence-corrected chi connectivity index (χ0v) is 21.5. The first-order valence-electron chi connectivity index (χ1n) is 9.79. The zero-order chi connectivity index (χ0) is 19.8. The lowest BCUT2D eigenvalue weighted by Crippen LogP contribution is -2.52. The first-order valence-corrected chi connectivity index (χ1v) is 12.1. The van der Waals surface area contributed by atoms with E-state index >= 15 is 0 Å². The van der Waals surface area contributed by atoms with Crippen molar-refractivity contribution in [1.29, 1.82) is 0 Å². The average Bonchev–Trinajstić information content (AvgIpc) is 3.33. The van der Waals surface area contributed by atoms with Crippen LogP contribution in [0, 0.1) is 6.92 Å². The molecule has 0 aromatic carbocycles. The summed E-state index contributed by atoms with van der Waals surface area (Å²) in [5.74, 6) is 3.98. The number of piperazine rings is 1. The number of nitrogens with zero attached hydrogens (tertiary/aromatic N) is 6. The van der Waals surface area contributed by atoms with Crippen molar-refractivity contribution in [2.75, 3.05) is 44.7 Å². The summed E-state index contributed by atoms with van der Waals surface area (Å²) in [5, 5.41) is 14.1. The Morgan fingerprint density at radius 2 is 2.07 bits per heavy atom. The van der Waals surface area contributed by atoms with E-state index < -0.39 is 0 Å². The molecule has 3 heterocycles. The summed E-state index contributed by atoms with van der Waals surface area (Å²) in [5.41, 5.74) is 0. The van der Waals surface area contributed by atoms with Crippen LogP contribution in [-0.4, -0.2) is 75.3 Å². The third-order valence-corrected chi connectivity index (χ3v) is 6.55.